The minimum Gasteiger partial charge on any atom is -0.313 e. The number of hydrogen-bond donors (Lipinski definition) is 1. The van der Waals surface area contributed by atoms with Crippen LogP contribution in [0.25, 0.3) is 0 Å². The Labute approximate surface area is 109 Å². The number of hydrogen-bond acceptors (Lipinski definition) is 2. The van der Waals surface area contributed by atoms with E-state index in [1.165, 1.54) is 45.3 Å². The molecule has 0 bridgehead atoms. The molecule has 0 spiro atoms. The summed E-state index contributed by atoms with van der Waals surface area (Å²) < 4.78 is 0. The van der Waals surface area contributed by atoms with Gasteiger partial charge < -0.3 is 10.2 Å². The van der Waals surface area contributed by atoms with E-state index in [0.29, 0.717) is 6.04 Å². The van der Waals surface area contributed by atoms with Crippen molar-refractivity contribution in [3.05, 3.63) is 0 Å². The lowest BCUT2D eigenvalue weighted by atomic mass is 10.0. The first-order valence-corrected chi connectivity index (χ1v) is 7.55. The zero-order valence-electron chi connectivity index (χ0n) is 12.8. The average Bonchev–Trinajstić information content (AvgIpc) is 2.30. The largest absolute Gasteiger partial charge is 0.313 e. The fraction of sp³-hybridized carbons (Fsp3) is 1.00. The second-order valence-corrected chi connectivity index (χ2v) is 5.61. The van der Waals surface area contributed by atoms with Crippen LogP contribution >= 0.6 is 0 Å². The molecule has 0 aromatic heterocycles. The molecule has 0 aliphatic carbocycles. The number of nitrogens with zero attached hydrogens (tertiary/aromatic N) is 1. The number of likely N-dealkylation sites (N-methyl/N-ethyl adjacent to an activating group) is 1. The molecule has 0 aromatic carbocycles. The van der Waals surface area contributed by atoms with Crippen LogP contribution in [0.2, 0.25) is 0 Å². The first kappa shape index (κ1) is 16.9. The second kappa shape index (κ2) is 11.0. The number of unbranched alkanes of at least 4 members (excludes halogenated alkanes) is 1. The molecular weight excluding hydrogens is 208 g/mol. The summed E-state index contributed by atoms with van der Waals surface area (Å²) in [6.07, 6.45) is 5.27. The Bertz CT molecular complexity index is 157. The zero-order chi connectivity index (χ0) is 13.1. The molecule has 104 valence electrons. The van der Waals surface area contributed by atoms with E-state index in [2.05, 4.69) is 44.8 Å². The van der Waals surface area contributed by atoms with Crippen LogP contribution in [-0.4, -0.2) is 37.1 Å². The summed E-state index contributed by atoms with van der Waals surface area (Å²) in [7, 11) is 0. The van der Waals surface area contributed by atoms with Crippen molar-refractivity contribution in [2.24, 2.45) is 5.92 Å². The summed E-state index contributed by atoms with van der Waals surface area (Å²) in [4.78, 5) is 2.55. The molecule has 0 saturated heterocycles. The molecule has 0 rings (SSSR count). The monoisotopic (exact) mass is 242 g/mol. The van der Waals surface area contributed by atoms with Gasteiger partial charge in [-0.25, -0.2) is 0 Å². The molecular formula is C15H34N2. The quantitative estimate of drug-likeness (QED) is 0.596. The van der Waals surface area contributed by atoms with Crippen LogP contribution in [0.5, 0.6) is 0 Å². The van der Waals surface area contributed by atoms with Gasteiger partial charge in [-0.05, 0) is 45.2 Å². The van der Waals surface area contributed by atoms with E-state index in [0.717, 1.165) is 12.5 Å². The minimum atomic E-state index is 0.669. The number of rotatable bonds is 11. The van der Waals surface area contributed by atoms with Gasteiger partial charge in [-0.3, -0.25) is 0 Å². The molecule has 17 heavy (non-hydrogen) atoms. The van der Waals surface area contributed by atoms with E-state index < -0.39 is 0 Å². The van der Waals surface area contributed by atoms with Gasteiger partial charge >= 0.3 is 0 Å². The smallest absolute Gasteiger partial charge is 0.0107 e. The zero-order valence-corrected chi connectivity index (χ0v) is 12.8. The average molecular weight is 242 g/mol. The normalized spacial score (nSPS) is 13.6. The highest BCUT2D eigenvalue weighted by Crippen LogP contribution is 2.06. The lowest BCUT2D eigenvalue weighted by Gasteiger charge is -2.22. The van der Waals surface area contributed by atoms with E-state index in [9.17, 15) is 0 Å². The summed E-state index contributed by atoms with van der Waals surface area (Å²) in [6.45, 7) is 16.2. The third-order valence-electron chi connectivity index (χ3n) is 3.37. The Morgan fingerprint density at radius 2 is 1.71 bits per heavy atom. The van der Waals surface area contributed by atoms with Gasteiger partial charge in [0.15, 0.2) is 0 Å². The Balaban J connectivity index is 3.51. The standard InChI is InChI=1S/C15H34N2/c1-6-8-12-17(7-2)13-11-16-15(5)10-9-14(3)4/h14-16H,6-13H2,1-5H3. The third kappa shape index (κ3) is 10.8. The van der Waals surface area contributed by atoms with E-state index >= 15 is 0 Å². The fourth-order valence-corrected chi connectivity index (χ4v) is 1.96. The van der Waals surface area contributed by atoms with Crippen LogP contribution in [0.4, 0.5) is 0 Å². The maximum atomic E-state index is 3.64. The summed E-state index contributed by atoms with van der Waals surface area (Å²) in [5, 5.41) is 3.64. The topological polar surface area (TPSA) is 15.3 Å². The molecule has 1 N–H and O–H groups in total. The lowest BCUT2D eigenvalue weighted by molar-refractivity contribution is 0.276. The molecule has 0 radical (unpaired) electrons. The van der Waals surface area contributed by atoms with E-state index in [1.807, 2.05) is 0 Å². The van der Waals surface area contributed by atoms with E-state index in [1.54, 1.807) is 0 Å². The molecule has 2 nitrogen and oxygen atoms in total. The molecule has 0 saturated carbocycles. The maximum absolute atomic E-state index is 3.64. The Morgan fingerprint density at radius 1 is 1.00 bits per heavy atom. The molecule has 0 heterocycles. The second-order valence-electron chi connectivity index (χ2n) is 5.61. The Hall–Kier alpha value is -0.0800. The van der Waals surface area contributed by atoms with Gasteiger partial charge in [0.1, 0.15) is 0 Å². The van der Waals surface area contributed by atoms with Crippen molar-refractivity contribution in [2.75, 3.05) is 26.2 Å². The highest BCUT2D eigenvalue weighted by Gasteiger charge is 2.05. The van der Waals surface area contributed by atoms with Crippen molar-refractivity contribution in [3.63, 3.8) is 0 Å². The van der Waals surface area contributed by atoms with Gasteiger partial charge in [-0.2, -0.15) is 0 Å². The highest BCUT2D eigenvalue weighted by molar-refractivity contribution is 4.64. The summed E-state index contributed by atoms with van der Waals surface area (Å²) >= 11 is 0. The molecule has 0 aliphatic rings. The van der Waals surface area contributed by atoms with Crippen molar-refractivity contribution in [1.29, 1.82) is 0 Å². The van der Waals surface area contributed by atoms with Crippen LogP contribution in [0.3, 0.4) is 0 Å². The molecule has 2 heteroatoms. The van der Waals surface area contributed by atoms with Crippen molar-refractivity contribution in [3.8, 4) is 0 Å². The molecule has 1 unspecified atom stereocenters. The van der Waals surface area contributed by atoms with Crippen LogP contribution in [-0.2, 0) is 0 Å². The van der Waals surface area contributed by atoms with Crippen molar-refractivity contribution in [1.82, 2.24) is 10.2 Å². The summed E-state index contributed by atoms with van der Waals surface area (Å²) in [5.74, 6) is 0.830. The van der Waals surface area contributed by atoms with Gasteiger partial charge in [0.2, 0.25) is 0 Å². The van der Waals surface area contributed by atoms with E-state index in [-0.39, 0.29) is 0 Å². The molecule has 0 fully saturated rings. The van der Waals surface area contributed by atoms with Crippen molar-refractivity contribution >= 4 is 0 Å². The number of nitrogens with one attached hydrogen (secondary N) is 1. The van der Waals surface area contributed by atoms with Gasteiger partial charge in [-0.15, -0.1) is 0 Å². The Morgan fingerprint density at radius 3 is 2.24 bits per heavy atom. The molecule has 0 aromatic rings. The summed E-state index contributed by atoms with van der Waals surface area (Å²) in [6, 6.07) is 0.669. The minimum absolute atomic E-state index is 0.669. The lowest BCUT2D eigenvalue weighted by Crippen LogP contribution is -2.36. The first-order valence-electron chi connectivity index (χ1n) is 7.55. The van der Waals surface area contributed by atoms with E-state index in [4.69, 9.17) is 0 Å². The molecule has 1 atom stereocenters. The predicted octanol–water partition coefficient (Wildman–Crippen LogP) is 3.52. The van der Waals surface area contributed by atoms with Gasteiger partial charge in [0, 0.05) is 19.1 Å². The first-order chi connectivity index (χ1) is 8.10. The Kier molecular flexibility index (Phi) is 11.0. The van der Waals surface area contributed by atoms with Crippen LogP contribution in [0.15, 0.2) is 0 Å². The third-order valence-corrected chi connectivity index (χ3v) is 3.37. The summed E-state index contributed by atoms with van der Waals surface area (Å²) in [5.41, 5.74) is 0. The molecule has 0 aliphatic heterocycles. The fourth-order valence-electron chi connectivity index (χ4n) is 1.96. The maximum Gasteiger partial charge on any atom is 0.0107 e. The van der Waals surface area contributed by atoms with Crippen molar-refractivity contribution < 1.29 is 0 Å². The molecule has 0 amide bonds. The van der Waals surface area contributed by atoms with Crippen LogP contribution < -0.4 is 5.32 Å². The van der Waals surface area contributed by atoms with Gasteiger partial charge in [0.05, 0.1) is 0 Å². The predicted molar refractivity (Wildman–Crippen MR) is 78.6 cm³/mol. The highest BCUT2D eigenvalue weighted by atomic mass is 15.1. The van der Waals surface area contributed by atoms with Crippen LogP contribution in [0.1, 0.15) is 60.3 Å². The van der Waals surface area contributed by atoms with Gasteiger partial charge in [-0.1, -0.05) is 34.1 Å². The van der Waals surface area contributed by atoms with Crippen molar-refractivity contribution in [2.45, 2.75) is 66.3 Å². The van der Waals surface area contributed by atoms with Gasteiger partial charge in [0.25, 0.3) is 0 Å². The van der Waals surface area contributed by atoms with Crippen LogP contribution in [0, 0.1) is 5.92 Å². The SMILES string of the molecule is CCCCN(CC)CCNC(C)CCC(C)C.